The van der Waals surface area contributed by atoms with Gasteiger partial charge < -0.3 is 9.32 Å². The van der Waals surface area contributed by atoms with Gasteiger partial charge in [-0.1, -0.05) is 182 Å². The highest BCUT2D eigenvalue weighted by atomic mass is 16.3. The summed E-state index contributed by atoms with van der Waals surface area (Å²) in [6, 6.07) is 78.2. The molecule has 10 aromatic carbocycles. The molecular formula is C57H35NO. The van der Waals surface area contributed by atoms with Crippen LogP contribution in [0.25, 0.3) is 76.9 Å². The molecule has 0 unspecified atom stereocenters. The maximum atomic E-state index is 6.59. The van der Waals surface area contributed by atoms with Crippen molar-refractivity contribution in [2.24, 2.45) is 0 Å². The lowest BCUT2D eigenvalue weighted by Gasteiger charge is -2.33. The highest BCUT2D eigenvalue weighted by Crippen LogP contribution is 2.65. The highest BCUT2D eigenvalue weighted by molar-refractivity contribution is 6.20. The number of fused-ring (bicyclic) bond motifs is 16. The molecule has 1 spiro atoms. The number of hydrogen-bond acceptors (Lipinski definition) is 2. The maximum Gasteiger partial charge on any atom is 0.143 e. The van der Waals surface area contributed by atoms with Crippen molar-refractivity contribution >= 4 is 60.5 Å². The fourth-order valence-electron chi connectivity index (χ4n) is 10.8. The molecule has 0 fully saturated rings. The van der Waals surface area contributed by atoms with Gasteiger partial charge in [0.2, 0.25) is 0 Å². The summed E-state index contributed by atoms with van der Waals surface area (Å²) in [5, 5.41) is 6.91. The van der Waals surface area contributed by atoms with Crippen molar-refractivity contribution in [1.82, 2.24) is 0 Å². The summed E-state index contributed by atoms with van der Waals surface area (Å²) in [4.78, 5) is 2.55. The first-order chi connectivity index (χ1) is 29.3. The molecule has 2 aliphatic carbocycles. The highest BCUT2D eigenvalue weighted by Gasteiger charge is 2.52. The second-order valence-corrected chi connectivity index (χ2v) is 15.9. The molecule has 0 bridgehead atoms. The molecule has 1 aromatic heterocycles. The Kier molecular flexibility index (Phi) is 6.68. The van der Waals surface area contributed by atoms with Crippen LogP contribution in [0.4, 0.5) is 17.1 Å². The molecule has 0 saturated carbocycles. The quantitative estimate of drug-likeness (QED) is 0.178. The standard InChI is InChI=1S/C57H35NO/c1-2-19-37-36(17-1)18-15-32-51(37)58(52-31-13-8-23-41(52)45-35-46-42-24-9-14-34-54(42)59-56(46)43-25-4-3-20-38(43)45)53-33-16-30-50-55(53)44-26-7-12-29-49(44)57(50)47-27-10-5-21-39(47)40-22-6-11-28-48(40)57/h1-35H. The van der Waals surface area contributed by atoms with Gasteiger partial charge in [0, 0.05) is 32.7 Å². The van der Waals surface area contributed by atoms with Crippen molar-refractivity contribution in [3.63, 3.8) is 0 Å². The number of benzene rings is 10. The van der Waals surface area contributed by atoms with Crippen LogP contribution in [-0.4, -0.2) is 0 Å². The van der Waals surface area contributed by atoms with Gasteiger partial charge in [-0.05, 0) is 85.6 Å². The predicted octanol–water partition coefficient (Wildman–Crippen LogP) is 15.4. The van der Waals surface area contributed by atoms with Crippen molar-refractivity contribution in [2.75, 3.05) is 4.90 Å². The molecular weight excluding hydrogens is 715 g/mol. The van der Waals surface area contributed by atoms with Crippen LogP contribution in [0, 0.1) is 0 Å². The Morgan fingerprint density at radius 3 is 1.61 bits per heavy atom. The fourth-order valence-corrected chi connectivity index (χ4v) is 10.8. The lowest BCUT2D eigenvalue weighted by atomic mass is 9.70. The normalized spacial score (nSPS) is 13.2. The number of nitrogens with zero attached hydrogens (tertiary/aromatic N) is 1. The van der Waals surface area contributed by atoms with Crippen molar-refractivity contribution in [3.8, 4) is 33.4 Å². The third-order valence-corrected chi connectivity index (χ3v) is 13.1. The van der Waals surface area contributed by atoms with Crippen LogP contribution in [0.15, 0.2) is 217 Å². The molecule has 2 heteroatoms. The van der Waals surface area contributed by atoms with Gasteiger partial charge >= 0.3 is 0 Å². The minimum atomic E-state index is -0.456. The lowest BCUT2D eigenvalue weighted by Crippen LogP contribution is -2.26. The number of rotatable bonds is 4. The zero-order chi connectivity index (χ0) is 38.7. The molecule has 13 rings (SSSR count). The van der Waals surface area contributed by atoms with Crippen LogP contribution in [-0.2, 0) is 5.41 Å². The van der Waals surface area contributed by atoms with Crippen LogP contribution in [0.5, 0.6) is 0 Å². The average molecular weight is 750 g/mol. The zero-order valence-electron chi connectivity index (χ0n) is 32.1. The first-order valence-corrected chi connectivity index (χ1v) is 20.4. The molecule has 2 aliphatic rings. The van der Waals surface area contributed by atoms with E-state index in [9.17, 15) is 0 Å². The smallest absolute Gasteiger partial charge is 0.143 e. The van der Waals surface area contributed by atoms with Gasteiger partial charge in [0.25, 0.3) is 0 Å². The minimum absolute atomic E-state index is 0.456. The molecule has 11 aromatic rings. The van der Waals surface area contributed by atoms with E-state index in [2.05, 4.69) is 217 Å². The lowest BCUT2D eigenvalue weighted by molar-refractivity contribution is 0.672. The Bertz CT molecular complexity index is 3480. The topological polar surface area (TPSA) is 16.4 Å². The average Bonchev–Trinajstić information content (AvgIpc) is 3.94. The van der Waals surface area contributed by atoms with E-state index in [0.29, 0.717) is 0 Å². The van der Waals surface area contributed by atoms with Crippen molar-refractivity contribution in [2.45, 2.75) is 5.41 Å². The second kappa shape index (κ2) is 12.2. The number of anilines is 3. The molecule has 59 heavy (non-hydrogen) atoms. The summed E-state index contributed by atoms with van der Waals surface area (Å²) in [6.45, 7) is 0. The van der Waals surface area contributed by atoms with Gasteiger partial charge in [0.15, 0.2) is 0 Å². The van der Waals surface area contributed by atoms with Gasteiger partial charge in [-0.2, -0.15) is 0 Å². The Morgan fingerprint density at radius 1 is 0.322 bits per heavy atom. The second-order valence-electron chi connectivity index (χ2n) is 15.9. The van der Waals surface area contributed by atoms with Crippen LogP contribution in [0.3, 0.4) is 0 Å². The Labute approximate surface area is 341 Å². The fraction of sp³-hybridized carbons (Fsp3) is 0.0175. The first kappa shape index (κ1) is 32.4. The summed E-state index contributed by atoms with van der Waals surface area (Å²) < 4.78 is 6.59. The monoisotopic (exact) mass is 749 g/mol. The summed E-state index contributed by atoms with van der Waals surface area (Å²) >= 11 is 0. The largest absolute Gasteiger partial charge is 0.455 e. The Morgan fingerprint density at radius 2 is 0.831 bits per heavy atom. The molecule has 0 amide bonds. The summed E-state index contributed by atoms with van der Waals surface area (Å²) in [7, 11) is 0. The third kappa shape index (κ3) is 4.30. The number of hydrogen-bond donors (Lipinski definition) is 0. The van der Waals surface area contributed by atoms with Gasteiger partial charge in [-0.25, -0.2) is 0 Å². The summed E-state index contributed by atoms with van der Waals surface area (Å²) in [5.41, 5.74) is 17.6. The molecule has 0 atom stereocenters. The Balaban J connectivity index is 1.15. The molecule has 1 heterocycles. The number of para-hydroxylation sites is 2. The SMILES string of the molecule is c1ccc(N(c2cccc3c2-c2ccccc2C32c3ccccc3-c3ccccc32)c2cccc3ccccc23)c(-c2cc3c4ccccc4oc3c3ccccc23)c1. The van der Waals surface area contributed by atoms with E-state index < -0.39 is 5.41 Å². The molecule has 0 aliphatic heterocycles. The van der Waals surface area contributed by atoms with Gasteiger partial charge in [-0.15, -0.1) is 0 Å². The van der Waals surface area contributed by atoms with E-state index in [-0.39, 0.29) is 0 Å². The molecule has 0 saturated heterocycles. The molecule has 2 nitrogen and oxygen atoms in total. The van der Waals surface area contributed by atoms with Crippen LogP contribution >= 0.6 is 0 Å². The van der Waals surface area contributed by atoms with Gasteiger partial charge in [0.05, 0.1) is 22.5 Å². The van der Waals surface area contributed by atoms with E-state index in [1.807, 2.05) is 0 Å². The predicted molar refractivity (Wildman–Crippen MR) is 245 cm³/mol. The van der Waals surface area contributed by atoms with Gasteiger partial charge in [0.1, 0.15) is 11.2 Å². The summed E-state index contributed by atoms with van der Waals surface area (Å²) in [5.74, 6) is 0. The summed E-state index contributed by atoms with van der Waals surface area (Å²) in [6.07, 6.45) is 0. The van der Waals surface area contributed by atoms with Gasteiger partial charge in [-0.3, -0.25) is 0 Å². The van der Waals surface area contributed by atoms with Crippen molar-refractivity contribution < 1.29 is 4.42 Å². The van der Waals surface area contributed by atoms with Crippen LogP contribution in [0.1, 0.15) is 22.3 Å². The van der Waals surface area contributed by atoms with E-state index in [4.69, 9.17) is 4.42 Å². The molecule has 0 radical (unpaired) electrons. The van der Waals surface area contributed by atoms with E-state index >= 15 is 0 Å². The van der Waals surface area contributed by atoms with Crippen molar-refractivity contribution in [1.29, 1.82) is 0 Å². The van der Waals surface area contributed by atoms with Crippen molar-refractivity contribution in [3.05, 3.63) is 235 Å². The molecule has 274 valence electrons. The van der Waals surface area contributed by atoms with E-state index in [1.54, 1.807) is 0 Å². The van der Waals surface area contributed by atoms with Crippen LogP contribution < -0.4 is 4.90 Å². The van der Waals surface area contributed by atoms with Crippen LogP contribution in [0.2, 0.25) is 0 Å². The Hall–Kier alpha value is -7.68. The van der Waals surface area contributed by atoms with E-state index in [1.165, 1.54) is 60.8 Å². The maximum absolute atomic E-state index is 6.59. The van der Waals surface area contributed by atoms with E-state index in [0.717, 1.165) is 55.3 Å². The zero-order valence-corrected chi connectivity index (χ0v) is 32.1. The minimum Gasteiger partial charge on any atom is -0.455 e. The molecule has 0 N–H and O–H groups in total. The number of furan rings is 1. The third-order valence-electron chi connectivity index (χ3n) is 13.1. The first-order valence-electron chi connectivity index (χ1n) is 20.4.